The quantitative estimate of drug-likeness (QED) is 0.473. The maximum absolute atomic E-state index is 13.4. The molecule has 0 bridgehead atoms. The highest BCUT2D eigenvalue weighted by Crippen LogP contribution is 2.38. The molecule has 1 aliphatic rings. The van der Waals surface area contributed by atoms with Gasteiger partial charge in [0.05, 0.1) is 16.1 Å². The van der Waals surface area contributed by atoms with Crippen LogP contribution in [0.2, 0.25) is 5.02 Å². The number of hydrogen-bond acceptors (Lipinski definition) is 5. The summed E-state index contributed by atoms with van der Waals surface area (Å²) in [6.07, 6.45) is 0. The van der Waals surface area contributed by atoms with E-state index in [4.69, 9.17) is 21.6 Å². The van der Waals surface area contributed by atoms with Crippen LogP contribution in [-0.4, -0.2) is 36.0 Å². The maximum Gasteiger partial charge on any atom is 0.271 e. The van der Waals surface area contributed by atoms with Crippen molar-refractivity contribution in [1.29, 1.82) is 0 Å². The lowest BCUT2D eigenvalue weighted by atomic mass is 10.2. The van der Waals surface area contributed by atoms with Crippen LogP contribution in [0.3, 0.4) is 0 Å². The Morgan fingerprint density at radius 2 is 1.67 bits per heavy atom. The molecular weight excluding hydrogens is 380 g/mol. The molecule has 0 saturated carbocycles. The average Bonchev–Trinajstić information content (AvgIpc) is 3.04. The van der Waals surface area contributed by atoms with Crippen molar-refractivity contribution in [3.05, 3.63) is 58.4 Å². The number of para-hydroxylation sites is 2. The molecule has 0 aliphatic carbocycles. The Balaban J connectivity index is 1.65. The fourth-order valence-electron chi connectivity index (χ4n) is 3.35. The topological polar surface area (TPSA) is 49.3 Å². The summed E-state index contributed by atoms with van der Waals surface area (Å²) in [7, 11) is 1.97. The third-order valence-electron chi connectivity index (χ3n) is 4.78. The first kappa shape index (κ1) is 16.5. The van der Waals surface area contributed by atoms with Crippen molar-refractivity contribution in [1.82, 2.24) is 9.97 Å². The fraction of sp³-hybridized carbons (Fsp3) is 0.150. The van der Waals surface area contributed by atoms with Gasteiger partial charge in [0.15, 0.2) is 11.6 Å². The van der Waals surface area contributed by atoms with E-state index in [2.05, 4.69) is 0 Å². The van der Waals surface area contributed by atoms with Gasteiger partial charge in [0.2, 0.25) is 0 Å². The number of rotatable bonds is 1. The molecule has 27 heavy (non-hydrogen) atoms. The minimum atomic E-state index is -0.125. The van der Waals surface area contributed by atoms with E-state index in [9.17, 15) is 4.79 Å². The van der Waals surface area contributed by atoms with Gasteiger partial charge in [-0.2, -0.15) is 0 Å². The molecule has 7 heteroatoms. The van der Waals surface area contributed by atoms with E-state index in [1.165, 1.54) is 11.3 Å². The molecule has 0 fully saturated rings. The number of likely N-dealkylation sites (N-methyl/N-ethyl adjacent to an activating group) is 1. The van der Waals surface area contributed by atoms with Gasteiger partial charge in [-0.1, -0.05) is 41.9 Å². The third kappa shape index (κ3) is 2.56. The molecule has 5 nitrogen and oxygen atoms in total. The Kier molecular flexibility index (Phi) is 3.77. The molecule has 1 aliphatic heterocycles. The molecule has 5 rings (SSSR count). The highest BCUT2D eigenvalue weighted by Gasteiger charge is 2.31. The summed E-state index contributed by atoms with van der Waals surface area (Å²) in [6, 6.07) is 15.5. The molecule has 4 aromatic rings. The summed E-state index contributed by atoms with van der Waals surface area (Å²) in [5.74, 6) is 1.17. The summed E-state index contributed by atoms with van der Waals surface area (Å²) in [4.78, 5) is 27.1. The molecule has 2 aromatic carbocycles. The van der Waals surface area contributed by atoms with E-state index < -0.39 is 0 Å². The number of fused-ring (bicyclic) bond motifs is 3. The van der Waals surface area contributed by atoms with Crippen LogP contribution in [0.5, 0.6) is 0 Å². The van der Waals surface area contributed by atoms with Crippen molar-refractivity contribution in [3.63, 3.8) is 0 Å². The van der Waals surface area contributed by atoms with Crippen LogP contribution in [0, 0.1) is 0 Å². The number of anilines is 2. The predicted molar refractivity (Wildman–Crippen MR) is 111 cm³/mol. The molecule has 0 N–H and O–H groups in total. The Labute approximate surface area is 164 Å². The lowest BCUT2D eigenvalue weighted by Crippen LogP contribution is -2.43. The van der Waals surface area contributed by atoms with Crippen LogP contribution in [0.15, 0.2) is 48.5 Å². The fourth-order valence-corrected chi connectivity index (χ4v) is 4.81. The third-order valence-corrected chi connectivity index (χ3v) is 6.45. The highest BCUT2D eigenvalue weighted by atomic mass is 35.5. The molecule has 0 saturated heterocycles. The number of benzene rings is 2. The standard InChI is InChI=1S/C20H15ClN4OS/c1-24-10-11-25(19-18(24)22-13-7-3-4-8-14(13)23-19)20(26)17-16(21)12-6-2-5-9-15(12)27-17/h2-9H,10-11H2,1H3. The van der Waals surface area contributed by atoms with Gasteiger partial charge >= 0.3 is 0 Å². The molecule has 134 valence electrons. The van der Waals surface area contributed by atoms with Crippen LogP contribution < -0.4 is 9.80 Å². The van der Waals surface area contributed by atoms with Gasteiger partial charge in [-0.25, -0.2) is 9.97 Å². The van der Waals surface area contributed by atoms with Gasteiger partial charge in [0.1, 0.15) is 4.88 Å². The highest BCUT2D eigenvalue weighted by molar-refractivity contribution is 7.21. The Morgan fingerprint density at radius 3 is 2.41 bits per heavy atom. The number of amides is 1. The lowest BCUT2D eigenvalue weighted by molar-refractivity contribution is 0.0990. The van der Waals surface area contributed by atoms with Crippen molar-refractivity contribution in [2.24, 2.45) is 0 Å². The summed E-state index contributed by atoms with van der Waals surface area (Å²) in [6.45, 7) is 1.23. The Morgan fingerprint density at radius 1 is 1.00 bits per heavy atom. The van der Waals surface area contributed by atoms with Gasteiger partial charge in [0, 0.05) is 30.2 Å². The zero-order valence-corrected chi connectivity index (χ0v) is 16.1. The van der Waals surface area contributed by atoms with Gasteiger partial charge in [-0.15, -0.1) is 11.3 Å². The van der Waals surface area contributed by atoms with Crippen LogP contribution in [0.1, 0.15) is 9.67 Å². The second kappa shape index (κ2) is 6.18. The molecule has 0 unspecified atom stereocenters. The van der Waals surface area contributed by atoms with Gasteiger partial charge < -0.3 is 4.90 Å². The summed E-state index contributed by atoms with van der Waals surface area (Å²) in [5, 5.41) is 1.42. The number of nitrogens with zero attached hydrogens (tertiary/aromatic N) is 4. The van der Waals surface area contributed by atoms with Crippen molar-refractivity contribution in [2.45, 2.75) is 0 Å². The number of aromatic nitrogens is 2. The number of halogens is 1. The smallest absolute Gasteiger partial charge is 0.271 e. The molecule has 0 atom stereocenters. The van der Waals surface area contributed by atoms with E-state index in [1.54, 1.807) is 4.90 Å². The SMILES string of the molecule is CN1CCN(C(=O)c2sc3ccccc3c2Cl)c2nc3ccccc3nc21. The molecular formula is C20H15ClN4OS. The van der Waals surface area contributed by atoms with Crippen LogP contribution >= 0.6 is 22.9 Å². The second-order valence-electron chi connectivity index (χ2n) is 6.48. The van der Waals surface area contributed by atoms with Gasteiger partial charge in [-0.3, -0.25) is 9.69 Å². The zero-order chi connectivity index (χ0) is 18.5. The first-order valence-electron chi connectivity index (χ1n) is 8.60. The van der Waals surface area contributed by atoms with Crippen molar-refractivity contribution in [2.75, 3.05) is 29.9 Å². The van der Waals surface area contributed by atoms with E-state index in [0.717, 1.165) is 21.1 Å². The summed E-state index contributed by atoms with van der Waals surface area (Å²) in [5.41, 5.74) is 1.59. The van der Waals surface area contributed by atoms with Crippen molar-refractivity contribution >= 4 is 61.6 Å². The van der Waals surface area contributed by atoms with Gasteiger partial charge in [-0.05, 0) is 18.2 Å². The van der Waals surface area contributed by atoms with Crippen LogP contribution in [0.25, 0.3) is 21.1 Å². The van der Waals surface area contributed by atoms with Gasteiger partial charge in [0.25, 0.3) is 5.91 Å². The summed E-state index contributed by atoms with van der Waals surface area (Å²) < 4.78 is 1.00. The average molecular weight is 395 g/mol. The predicted octanol–water partition coefficient (Wildman–Crippen LogP) is 4.59. The Bertz CT molecular complexity index is 1210. The second-order valence-corrected chi connectivity index (χ2v) is 7.91. The van der Waals surface area contributed by atoms with Crippen molar-refractivity contribution < 1.29 is 4.79 Å². The minimum absolute atomic E-state index is 0.125. The first-order chi connectivity index (χ1) is 13.1. The molecule has 2 aromatic heterocycles. The number of carbonyl (C=O) groups is 1. The van der Waals surface area contributed by atoms with Crippen LogP contribution in [-0.2, 0) is 0 Å². The molecule has 3 heterocycles. The molecule has 0 spiro atoms. The number of hydrogen-bond donors (Lipinski definition) is 0. The first-order valence-corrected chi connectivity index (χ1v) is 9.80. The zero-order valence-electron chi connectivity index (χ0n) is 14.5. The largest absolute Gasteiger partial charge is 0.355 e. The lowest BCUT2D eigenvalue weighted by Gasteiger charge is -2.33. The van der Waals surface area contributed by atoms with Crippen molar-refractivity contribution in [3.8, 4) is 0 Å². The normalized spacial score (nSPS) is 14.0. The Hall–Kier alpha value is -2.70. The summed E-state index contributed by atoms with van der Waals surface area (Å²) >= 11 is 7.96. The van der Waals surface area contributed by atoms with E-state index in [1.807, 2.05) is 60.5 Å². The monoisotopic (exact) mass is 394 g/mol. The van der Waals surface area contributed by atoms with E-state index in [-0.39, 0.29) is 5.91 Å². The molecule has 0 radical (unpaired) electrons. The number of thiophene rings is 1. The molecule has 1 amide bonds. The van der Waals surface area contributed by atoms with Crippen LogP contribution in [0.4, 0.5) is 11.6 Å². The van der Waals surface area contributed by atoms with E-state index in [0.29, 0.717) is 34.6 Å². The van der Waals surface area contributed by atoms with E-state index >= 15 is 0 Å². The maximum atomic E-state index is 13.4. The minimum Gasteiger partial charge on any atom is -0.355 e. The number of carbonyl (C=O) groups excluding carboxylic acids is 1.